The monoisotopic (exact) mass is 384 g/mol. The predicted molar refractivity (Wildman–Crippen MR) is 106 cm³/mol. The van der Waals surface area contributed by atoms with Crippen molar-refractivity contribution in [3.05, 3.63) is 39.4 Å². The van der Waals surface area contributed by atoms with Gasteiger partial charge in [-0.2, -0.15) is 0 Å². The van der Waals surface area contributed by atoms with E-state index < -0.39 is 11.4 Å². The molecule has 28 heavy (non-hydrogen) atoms. The summed E-state index contributed by atoms with van der Waals surface area (Å²) in [4.78, 5) is 27.7. The van der Waals surface area contributed by atoms with E-state index in [4.69, 9.17) is 4.74 Å². The van der Waals surface area contributed by atoms with Gasteiger partial charge in [0.25, 0.3) is 0 Å². The molecular formula is C22H25FN2O3. The van der Waals surface area contributed by atoms with Crippen molar-refractivity contribution in [1.29, 1.82) is 0 Å². The molecule has 148 valence electrons. The number of aryl methyl sites for hydroxylation is 1. The first-order valence-corrected chi connectivity index (χ1v) is 10.4. The van der Waals surface area contributed by atoms with Crippen LogP contribution in [0.5, 0.6) is 0 Å². The Bertz CT molecular complexity index is 1020. The zero-order valence-corrected chi connectivity index (χ0v) is 16.2. The number of halogens is 1. The van der Waals surface area contributed by atoms with Crippen molar-refractivity contribution in [2.45, 2.75) is 64.0 Å². The van der Waals surface area contributed by atoms with Crippen molar-refractivity contribution in [1.82, 2.24) is 4.57 Å². The molecule has 1 atom stereocenters. The number of aromatic nitrogens is 1. The number of anilines is 1. The van der Waals surface area contributed by atoms with E-state index in [0.717, 1.165) is 62.6 Å². The Balaban J connectivity index is 1.81. The molecule has 1 aliphatic carbocycles. The van der Waals surface area contributed by atoms with Crippen molar-refractivity contribution in [3.8, 4) is 0 Å². The van der Waals surface area contributed by atoms with Gasteiger partial charge >= 0.3 is 5.97 Å². The zero-order chi connectivity index (χ0) is 19.4. The average Bonchev–Trinajstić information content (AvgIpc) is 3.45. The maximum atomic E-state index is 15.3. The predicted octanol–water partition coefficient (Wildman–Crippen LogP) is 3.96. The molecule has 2 aliphatic heterocycles. The molecule has 3 aliphatic rings. The van der Waals surface area contributed by atoms with Gasteiger partial charge in [0.2, 0.25) is 5.43 Å². The summed E-state index contributed by atoms with van der Waals surface area (Å²) in [5, 5.41) is 0.311. The van der Waals surface area contributed by atoms with Gasteiger partial charge in [-0.05, 0) is 57.9 Å². The Labute approximate surface area is 163 Å². The van der Waals surface area contributed by atoms with Gasteiger partial charge in [0.15, 0.2) is 0 Å². The van der Waals surface area contributed by atoms with Gasteiger partial charge in [0.1, 0.15) is 11.4 Å². The number of carbonyl (C=O) groups is 1. The molecule has 0 amide bonds. The largest absolute Gasteiger partial charge is 0.462 e. The highest BCUT2D eigenvalue weighted by Gasteiger charge is 2.35. The highest BCUT2D eigenvalue weighted by atomic mass is 19.1. The highest BCUT2D eigenvalue weighted by Crippen LogP contribution is 2.43. The quantitative estimate of drug-likeness (QED) is 0.752. The number of nitrogens with zero attached hydrogens (tertiary/aromatic N) is 2. The molecule has 3 heterocycles. The van der Waals surface area contributed by atoms with E-state index in [0.29, 0.717) is 17.1 Å². The standard InChI is InChI=1S/C22H25FN2O3/c1-2-28-22(27)17-12-25(14-8-9-14)19-15-7-3-5-13-6-4-10-24(13)20(15)18(23)11-16(19)21(17)26/h11-14H,2-10H2,1H3/t13-/m1/s1. The average molecular weight is 384 g/mol. The van der Waals surface area contributed by atoms with Crippen molar-refractivity contribution >= 4 is 22.6 Å². The van der Waals surface area contributed by atoms with Crippen LogP contribution in [-0.2, 0) is 11.2 Å². The van der Waals surface area contributed by atoms with Crippen LogP contribution in [0.15, 0.2) is 17.1 Å². The summed E-state index contributed by atoms with van der Waals surface area (Å²) in [7, 11) is 0. The Hall–Kier alpha value is -2.37. The summed E-state index contributed by atoms with van der Waals surface area (Å²) in [5.74, 6) is -0.962. The summed E-state index contributed by atoms with van der Waals surface area (Å²) in [6, 6.07) is 2.02. The lowest BCUT2D eigenvalue weighted by Crippen LogP contribution is -2.30. The molecule has 0 bridgehead atoms. The maximum absolute atomic E-state index is 15.3. The van der Waals surface area contributed by atoms with Crippen LogP contribution in [0, 0.1) is 5.82 Å². The molecule has 0 unspecified atom stereocenters. The van der Waals surface area contributed by atoms with Gasteiger partial charge < -0.3 is 14.2 Å². The first kappa shape index (κ1) is 17.7. The highest BCUT2D eigenvalue weighted by molar-refractivity contribution is 5.96. The first-order valence-electron chi connectivity index (χ1n) is 10.4. The molecule has 5 rings (SSSR count). The van der Waals surface area contributed by atoms with Crippen molar-refractivity contribution < 1.29 is 13.9 Å². The Morgan fingerprint density at radius 1 is 1.21 bits per heavy atom. The lowest BCUT2D eigenvalue weighted by atomic mass is 10.00. The van der Waals surface area contributed by atoms with Crippen LogP contribution in [0.2, 0.25) is 0 Å². The summed E-state index contributed by atoms with van der Waals surface area (Å²) in [6.07, 6.45) is 8.69. The van der Waals surface area contributed by atoms with Gasteiger partial charge in [-0.3, -0.25) is 4.79 Å². The number of rotatable bonds is 3. The first-order chi connectivity index (χ1) is 13.6. The summed E-state index contributed by atoms with van der Waals surface area (Å²) in [5.41, 5.74) is 2.04. The van der Waals surface area contributed by atoms with Crippen LogP contribution in [-0.4, -0.2) is 29.7 Å². The Morgan fingerprint density at radius 3 is 2.75 bits per heavy atom. The Kier molecular flexibility index (Phi) is 4.18. The molecule has 1 aromatic carbocycles. The van der Waals surface area contributed by atoms with Gasteiger partial charge in [-0.15, -0.1) is 0 Å². The van der Waals surface area contributed by atoms with E-state index in [9.17, 15) is 9.59 Å². The SMILES string of the molecule is CCOC(=O)c1cn(C2CC2)c2c3c(c(F)cc2c1=O)N1CCC[C@H]1CCC3. The normalized spacial score (nSPS) is 21.4. The van der Waals surface area contributed by atoms with Gasteiger partial charge in [0, 0.05) is 35.8 Å². The van der Waals surface area contributed by atoms with Gasteiger partial charge in [-0.25, -0.2) is 9.18 Å². The number of esters is 1. The fraction of sp³-hybridized carbons (Fsp3) is 0.545. The summed E-state index contributed by atoms with van der Waals surface area (Å²) >= 11 is 0. The third-order valence-corrected chi connectivity index (χ3v) is 6.40. The second kappa shape index (κ2) is 6.61. The lowest BCUT2D eigenvalue weighted by Gasteiger charge is -2.28. The fourth-order valence-electron chi connectivity index (χ4n) is 5.04. The third kappa shape index (κ3) is 2.65. The van der Waals surface area contributed by atoms with Crippen LogP contribution < -0.4 is 10.3 Å². The number of pyridine rings is 1. The molecule has 0 spiro atoms. The molecule has 1 saturated carbocycles. The lowest BCUT2D eigenvalue weighted by molar-refractivity contribution is 0.0524. The van der Waals surface area contributed by atoms with E-state index >= 15 is 4.39 Å². The van der Waals surface area contributed by atoms with Crippen LogP contribution in [0.3, 0.4) is 0 Å². The topological polar surface area (TPSA) is 51.5 Å². The molecule has 0 radical (unpaired) electrons. The minimum atomic E-state index is -0.626. The van der Waals surface area contributed by atoms with Gasteiger partial charge in [-0.1, -0.05) is 0 Å². The maximum Gasteiger partial charge on any atom is 0.343 e. The second-order valence-electron chi connectivity index (χ2n) is 8.19. The van der Waals surface area contributed by atoms with E-state index in [2.05, 4.69) is 9.47 Å². The number of hydrogen-bond donors (Lipinski definition) is 0. The number of carbonyl (C=O) groups excluding carboxylic acids is 1. The molecule has 0 N–H and O–H groups in total. The van der Waals surface area contributed by atoms with Crippen molar-refractivity contribution in [3.63, 3.8) is 0 Å². The molecule has 2 aromatic rings. The number of hydrogen-bond acceptors (Lipinski definition) is 4. The van der Waals surface area contributed by atoms with E-state index in [1.54, 1.807) is 13.1 Å². The number of ether oxygens (including phenoxy) is 1. The van der Waals surface area contributed by atoms with Crippen LogP contribution in [0.25, 0.3) is 10.9 Å². The minimum absolute atomic E-state index is 0.00766. The van der Waals surface area contributed by atoms with Crippen LogP contribution >= 0.6 is 0 Å². The molecule has 5 nitrogen and oxygen atoms in total. The second-order valence-corrected chi connectivity index (χ2v) is 8.19. The van der Waals surface area contributed by atoms with E-state index in [1.807, 2.05) is 0 Å². The fourth-order valence-corrected chi connectivity index (χ4v) is 5.04. The number of fused-ring (bicyclic) bond motifs is 5. The van der Waals surface area contributed by atoms with E-state index in [1.165, 1.54) is 6.07 Å². The smallest absolute Gasteiger partial charge is 0.343 e. The molecule has 1 saturated heterocycles. The molecule has 2 fully saturated rings. The van der Waals surface area contributed by atoms with Crippen molar-refractivity contribution in [2.75, 3.05) is 18.1 Å². The summed E-state index contributed by atoms with van der Waals surface area (Å²) < 4.78 is 22.5. The van der Waals surface area contributed by atoms with E-state index in [-0.39, 0.29) is 24.0 Å². The number of benzene rings is 1. The van der Waals surface area contributed by atoms with Crippen LogP contribution in [0.1, 0.15) is 67.4 Å². The van der Waals surface area contributed by atoms with Crippen LogP contribution in [0.4, 0.5) is 10.1 Å². The molecule has 1 aromatic heterocycles. The zero-order valence-electron chi connectivity index (χ0n) is 16.2. The minimum Gasteiger partial charge on any atom is -0.462 e. The molecule has 6 heteroatoms. The summed E-state index contributed by atoms with van der Waals surface area (Å²) in [6.45, 7) is 2.79. The van der Waals surface area contributed by atoms with Crippen molar-refractivity contribution in [2.24, 2.45) is 0 Å². The Morgan fingerprint density at radius 2 is 2.00 bits per heavy atom. The third-order valence-electron chi connectivity index (χ3n) is 6.40. The molecular weight excluding hydrogens is 359 g/mol. The van der Waals surface area contributed by atoms with Gasteiger partial charge in [0.05, 0.1) is 17.8 Å².